The fourth-order valence-electron chi connectivity index (χ4n) is 1.47. The molecule has 0 saturated heterocycles. The SMILES string of the molecule is Cc1ccc(CCN(C)CC(N)CO)o1. The standard InChI is InChI=1S/C11H20N2O2/c1-9-3-4-11(15-9)5-6-13(2)7-10(12)8-14/h3-4,10,14H,5-8,12H2,1-2H3. The lowest BCUT2D eigenvalue weighted by Gasteiger charge is -2.19. The van der Waals surface area contributed by atoms with Crippen LogP contribution >= 0.6 is 0 Å². The number of hydrogen-bond donors (Lipinski definition) is 2. The van der Waals surface area contributed by atoms with Gasteiger partial charge in [-0.2, -0.15) is 0 Å². The van der Waals surface area contributed by atoms with E-state index in [-0.39, 0.29) is 12.6 Å². The van der Waals surface area contributed by atoms with Gasteiger partial charge in [0.1, 0.15) is 11.5 Å². The molecular formula is C11H20N2O2. The number of rotatable bonds is 6. The van der Waals surface area contributed by atoms with Gasteiger partial charge >= 0.3 is 0 Å². The molecule has 0 aromatic carbocycles. The molecule has 1 heterocycles. The van der Waals surface area contributed by atoms with Gasteiger partial charge in [0, 0.05) is 25.6 Å². The zero-order chi connectivity index (χ0) is 11.3. The van der Waals surface area contributed by atoms with Crippen LogP contribution in [0.25, 0.3) is 0 Å². The maximum Gasteiger partial charge on any atom is 0.105 e. The van der Waals surface area contributed by atoms with Crippen molar-refractivity contribution < 1.29 is 9.52 Å². The van der Waals surface area contributed by atoms with Crippen molar-refractivity contribution in [3.05, 3.63) is 23.7 Å². The lowest BCUT2D eigenvalue weighted by atomic mass is 10.2. The smallest absolute Gasteiger partial charge is 0.105 e. The molecule has 0 bridgehead atoms. The van der Waals surface area contributed by atoms with Gasteiger partial charge in [-0.3, -0.25) is 0 Å². The summed E-state index contributed by atoms with van der Waals surface area (Å²) in [5.74, 6) is 1.94. The fourth-order valence-corrected chi connectivity index (χ4v) is 1.47. The fraction of sp³-hybridized carbons (Fsp3) is 0.636. The summed E-state index contributed by atoms with van der Waals surface area (Å²) in [7, 11) is 1.99. The molecule has 0 fully saturated rings. The van der Waals surface area contributed by atoms with Crippen molar-refractivity contribution in [2.45, 2.75) is 19.4 Å². The third-order valence-corrected chi connectivity index (χ3v) is 2.32. The molecule has 4 heteroatoms. The molecule has 1 aromatic rings. The largest absolute Gasteiger partial charge is 0.466 e. The van der Waals surface area contributed by atoms with E-state index in [1.54, 1.807) is 0 Å². The van der Waals surface area contributed by atoms with Crippen LogP contribution in [0.4, 0.5) is 0 Å². The van der Waals surface area contributed by atoms with Gasteiger partial charge in [-0.25, -0.2) is 0 Å². The highest BCUT2D eigenvalue weighted by Gasteiger charge is 2.06. The predicted octanol–water partition coefficient (Wildman–Crippen LogP) is 0.382. The molecule has 0 aliphatic heterocycles. The van der Waals surface area contributed by atoms with Gasteiger partial charge in [-0.05, 0) is 26.1 Å². The van der Waals surface area contributed by atoms with Gasteiger partial charge < -0.3 is 20.2 Å². The van der Waals surface area contributed by atoms with E-state index in [0.29, 0.717) is 6.54 Å². The Morgan fingerprint density at radius 3 is 2.80 bits per heavy atom. The predicted molar refractivity (Wildman–Crippen MR) is 59.7 cm³/mol. The van der Waals surface area contributed by atoms with Crippen LogP contribution in [0.2, 0.25) is 0 Å². The maximum absolute atomic E-state index is 8.80. The van der Waals surface area contributed by atoms with E-state index in [1.165, 1.54) is 0 Å². The number of aliphatic hydroxyl groups excluding tert-OH is 1. The molecule has 0 saturated carbocycles. The molecule has 86 valence electrons. The molecule has 1 aromatic heterocycles. The van der Waals surface area contributed by atoms with Gasteiger partial charge in [-0.1, -0.05) is 0 Å². The van der Waals surface area contributed by atoms with E-state index in [9.17, 15) is 0 Å². The molecule has 1 atom stereocenters. The van der Waals surface area contributed by atoms with Crippen LogP contribution in [0.3, 0.4) is 0 Å². The molecule has 0 radical (unpaired) electrons. The van der Waals surface area contributed by atoms with E-state index >= 15 is 0 Å². The van der Waals surface area contributed by atoms with Gasteiger partial charge in [0.2, 0.25) is 0 Å². The summed E-state index contributed by atoms with van der Waals surface area (Å²) in [5.41, 5.74) is 5.63. The van der Waals surface area contributed by atoms with Gasteiger partial charge in [0.05, 0.1) is 6.61 Å². The first-order valence-corrected chi connectivity index (χ1v) is 5.22. The van der Waals surface area contributed by atoms with Crippen LogP contribution in [-0.2, 0) is 6.42 Å². The molecule has 1 rings (SSSR count). The number of hydrogen-bond acceptors (Lipinski definition) is 4. The average Bonchev–Trinajstić information content (AvgIpc) is 2.61. The van der Waals surface area contributed by atoms with Gasteiger partial charge in [-0.15, -0.1) is 0 Å². The van der Waals surface area contributed by atoms with Crippen molar-refractivity contribution in [2.24, 2.45) is 5.73 Å². The summed E-state index contributed by atoms with van der Waals surface area (Å²) in [5, 5.41) is 8.80. The Morgan fingerprint density at radius 2 is 2.27 bits per heavy atom. The summed E-state index contributed by atoms with van der Waals surface area (Å²) < 4.78 is 5.46. The Bertz CT molecular complexity index is 286. The van der Waals surface area contributed by atoms with Crippen LogP contribution in [0, 0.1) is 6.92 Å². The third kappa shape index (κ3) is 4.46. The number of aliphatic hydroxyl groups is 1. The monoisotopic (exact) mass is 212 g/mol. The van der Waals surface area contributed by atoms with Gasteiger partial charge in [0.25, 0.3) is 0 Å². The first-order chi connectivity index (χ1) is 7.11. The number of nitrogens with two attached hydrogens (primary N) is 1. The van der Waals surface area contributed by atoms with E-state index < -0.39 is 0 Å². The Balaban J connectivity index is 2.25. The van der Waals surface area contributed by atoms with E-state index in [1.807, 2.05) is 26.1 Å². The second-order valence-corrected chi connectivity index (χ2v) is 3.97. The van der Waals surface area contributed by atoms with E-state index in [0.717, 1.165) is 24.5 Å². The highest BCUT2D eigenvalue weighted by molar-refractivity contribution is 5.05. The number of aryl methyl sites for hydroxylation is 1. The topological polar surface area (TPSA) is 62.6 Å². The summed E-state index contributed by atoms with van der Waals surface area (Å²) in [6, 6.07) is 3.80. The van der Waals surface area contributed by atoms with E-state index in [2.05, 4.69) is 4.90 Å². The van der Waals surface area contributed by atoms with Crippen LogP contribution in [0.1, 0.15) is 11.5 Å². The maximum atomic E-state index is 8.80. The Labute approximate surface area is 90.7 Å². The highest BCUT2D eigenvalue weighted by atomic mass is 16.3. The number of nitrogens with zero attached hydrogens (tertiary/aromatic N) is 1. The zero-order valence-electron chi connectivity index (χ0n) is 9.44. The van der Waals surface area contributed by atoms with Crippen LogP contribution in [0.15, 0.2) is 16.5 Å². The van der Waals surface area contributed by atoms with Crippen LogP contribution in [-0.4, -0.2) is 42.8 Å². The Morgan fingerprint density at radius 1 is 1.53 bits per heavy atom. The number of likely N-dealkylation sites (N-methyl/N-ethyl adjacent to an activating group) is 1. The summed E-state index contributed by atoms with van der Waals surface area (Å²) in [6.07, 6.45) is 0.877. The molecule has 0 aliphatic carbocycles. The van der Waals surface area contributed by atoms with Crippen molar-refractivity contribution in [1.29, 1.82) is 0 Å². The van der Waals surface area contributed by atoms with Crippen molar-refractivity contribution in [2.75, 3.05) is 26.7 Å². The first kappa shape index (κ1) is 12.2. The molecule has 0 aliphatic rings. The lowest BCUT2D eigenvalue weighted by Crippen LogP contribution is -2.38. The number of furan rings is 1. The van der Waals surface area contributed by atoms with Crippen LogP contribution < -0.4 is 5.73 Å². The molecule has 3 N–H and O–H groups in total. The van der Waals surface area contributed by atoms with Crippen molar-refractivity contribution >= 4 is 0 Å². The average molecular weight is 212 g/mol. The lowest BCUT2D eigenvalue weighted by molar-refractivity contribution is 0.221. The van der Waals surface area contributed by atoms with Crippen molar-refractivity contribution in [3.63, 3.8) is 0 Å². The molecule has 15 heavy (non-hydrogen) atoms. The second kappa shape index (κ2) is 5.90. The second-order valence-electron chi connectivity index (χ2n) is 3.97. The summed E-state index contributed by atoms with van der Waals surface area (Å²) in [4.78, 5) is 2.10. The highest BCUT2D eigenvalue weighted by Crippen LogP contribution is 2.07. The van der Waals surface area contributed by atoms with Gasteiger partial charge in [0.15, 0.2) is 0 Å². The quantitative estimate of drug-likeness (QED) is 0.715. The summed E-state index contributed by atoms with van der Waals surface area (Å²) >= 11 is 0. The molecule has 0 amide bonds. The Kier molecular flexibility index (Phi) is 4.81. The molecular weight excluding hydrogens is 192 g/mol. The molecule has 1 unspecified atom stereocenters. The Hall–Kier alpha value is -0.840. The van der Waals surface area contributed by atoms with Crippen molar-refractivity contribution in [1.82, 2.24) is 4.90 Å². The van der Waals surface area contributed by atoms with Crippen molar-refractivity contribution in [3.8, 4) is 0 Å². The van der Waals surface area contributed by atoms with Crippen LogP contribution in [0.5, 0.6) is 0 Å². The minimum atomic E-state index is -0.159. The normalized spacial score (nSPS) is 13.4. The molecule has 4 nitrogen and oxygen atoms in total. The third-order valence-electron chi connectivity index (χ3n) is 2.32. The zero-order valence-corrected chi connectivity index (χ0v) is 9.44. The minimum Gasteiger partial charge on any atom is -0.466 e. The minimum absolute atomic E-state index is 0.0319. The summed E-state index contributed by atoms with van der Waals surface area (Å²) in [6.45, 7) is 3.57. The molecule has 0 spiro atoms. The van der Waals surface area contributed by atoms with E-state index in [4.69, 9.17) is 15.3 Å². The first-order valence-electron chi connectivity index (χ1n) is 5.22.